The summed E-state index contributed by atoms with van der Waals surface area (Å²) in [5.41, 5.74) is 0.143. The van der Waals surface area contributed by atoms with E-state index < -0.39 is 4.92 Å². The number of carbonyl (C=O) groups excluding carboxylic acids is 1. The van der Waals surface area contributed by atoms with E-state index in [1.54, 1.807) is 0 Å². The molecule has 1 saturated carbocycles. The Morgan fingerprint density at radius 2 is 2.14 bits per heavy atom. The van der Waals surface area contributed by atoms with Crippen LogP contribution in [0.4, 0.5) is 11.4 Å². The molecule has 1 aromatic carbocycles. The van der Waals surface area contributed by atoms with E-state index in [0.29, 0.717) is 5.02 Å². The summed E-state index contributed by atoms with van der Waals surface area (Å²) < 4.78 is 0. The molecule has 1 aliphatic carbocycles. The van der Waals surface area contributed by atoms with Crippen LogP contribution in [0, 0.1) is 21.4 Å². The van der Waals surface area contributed by atoms with E-state index >= 15 is 0 Å². The van der Waals surface area contributed by atoms with E-state index in [1.165, 1.54) is 18.2 Å². The maximum Gasteiger partial charge on any atom is 0.292 e. The van der Waals surface area contributed by atoms with Gasteiger partial charge in [0.05, 0.1) is 4.92 Å². The van der Waals surface area contributed by atoms with E-state index in [9.17, 15) is 14.9 Å². The number of nitrogens with zero attached hydrogens (tertiary/aromatic N) is 1. The van der Waals surface area contributed by atoms with Crippen molar-refractivity contribution < 1.29 is 9.72 Å². The molecule has 21 heavy (non-hydrogen) atoms. The number of nitrogens with one attached hydrogen (secondary N) is 2. The summed E-state index contributed by atoms with van der Waals surface area (Å²) in [5, 5.41) is 17.3. The van der Waals surface area contributed by atoms with Gasteiger partial charge >= 0.3 is 0 Å². The van der Waals surface area contributed by atoms with Gasteiger partial charge in [0.25, 0.3) is 5.69 Å². The van der Waals surface area contributed by atoms with Crippen molar-refractivity contribution in [2.24, 2.45) is 11.3 Å². The van der Waals surface area contributed by atoms with E-state index in [4.69, 9.17) is 11.6 Å². The lowest BCUT2D eigenvalue weighted by atomic mass is 9.92. The van der Waals surface area contributed by atoms with Gasteiger partial charge < -0.3 is 10.6 Å². The highest BCUT2D eigenvalue weighted by Gasteiger charge is 2.57. The van der Waals surface area contributed by atoms with Crippen LogP contribution in [0.15, 0.2) is 18.2 Å². The maximum atomic E-state index is 12.3. The monoisotopic (exact) mass is 309 g/mol. The summed E-state index contributed by atoms with van der Waals surface area (Å²) >= 11 is 5.86. The molecule has 1 spiro atoms. The molecule has 0 bridgehead atoms. The zero-order valence-electron chi connectivity index (χ0n) is 11.4. The Kier molecular flexibility index (Phi) is 3.59. The molecule has 112 valence electrons. The van der Waals surface area contributed by atoms with Crippen LogP contribution in [0.1, 0.15) is 19.3 Å². The van der Waals surface area contributed by atoms with Crippen LogP contribution in [-0.2, 0) is 4.79 Å². The summed E-state index contributed by atoms with van der Waals surface area (Å²) in [4.78, 5) is 22.8. The molecule has 1 aromatic rings. The molecule has 1 atom stereocenters. The second-order valence-electron chi connectivity index (χ2n) is 5.78. The molecule has 0 radical (unpaired) electrons. The van der Waals surface area contributed by atoms with Crippen molar-refractivity contribution in [2.45, 2.75) is 19.3 Å². The van der Waals surface area contributed by atoms with Crippen molar-refractivity contribution in [3.63, 3.8) is 0 Å². The molecule has 1 heterocycles. The van der Waals surface area contributed by atoms with Gasteiger partial charge in [0.15, 0.2) is 0 Å². The van der Waals surface area contributed by atoms with Crippen LogP contribution in [0.2, 0.25) is 5.02 Å². The van der Waals surface area contributed by atoms with Crippen molar-refractivity contribution in [3.8, 4) is 0 Å². The van der Waals surface area contributed by atoms with Gasteiger partial charge in [-0.25, -0.2) is 0 Å². The number of carbonyl (C=O) groups is 1. The Balaban J connectivity index is 1.74. The van der Waals surface area contributed by atoms with Gasteiger partial charge in [-0.1, -0.05) is 11.6 Å². The smallest absolute Gasteiger partial charge is 0.292 e. The minimum absolute atomic E-state index is 0.0433. The summed E-state index contributed by atoms with van der Waals surface area (Å²) in [5.74, 6) is -0.180. The van der Waals surface area contributed by atoms with E-state index in [-0.39, 0.29) is 28.6 Å². The predicted molar refractivity (Wildman–Crippen MR) is 79.4 cm³/mol. The van der Waals surface area contributed by atoms with Gasteiger partial charge in [0, 0.05) is 17.0 Å². The third-order valence-electron chi connectivity index (χ3n) is 4.52. The number of hydrogen-bond acceptors (Lipinski definition) is 4. The van der Waals surface area contributed by atoms with Crippen molar-refractivity contribution >= 4 is 28.9 Å². The van der Waals surface area contributed by atoms with Gasteiger partial charge in [-0.15, -0.1) is 0 Å². The van der Waals surface area contributed by atoms with Crippen molar-refractivity contribution in [1.29, 1.82) is 0 Å². The first-order valence-electron chi connectivity index (χ1n) is 6.97. The van der Waals surface area contributed by atoms with Crippen LogP contribution < -0.4 is 10.6 Å². The molecule has 0 aromatic heterocycles. The van der Waals surface area contributed by atoms with Crippen molar-refractivity contribution in [2.75, 3.05) is 18.4 Å². The Labute approximate surface area is 127 Å². The Hall–Kier alpha value is -1.66. The molecule has 7 heteroatoms. The first-order chi connectivity index (χ1) is 10.0. The second kappa shape index (κ2) is 5.27. The van der Waals surface area contributed by atoms with Gasteiger partial charge in [0.2, 0.25) is 5.91 Å². The fraction of sp³-hybridized carbons (Fsp3) is 0.500. The fourth-order valence-electron chi connectivity index (χ4n) is 3.18. The van der Waals surface area contributed by atoms with Gasteiger partial charge in [-0.3, -0.25) is 14.9 Å². The second-order valence-corrected chi connectivity index (χ2v) is 6.21. The fourth-order valence-corrected chi connectivity index (χ4v) is 3.36. The average molecular weight is 310 g/mol. The van der Waals surface area contributed by atoms with Crippen LogP contribution in [-0.4, -0.2) is 23.9 Å². The summed E-state index contributed by atoms with van der Waals surface area (Å²) in [6, 6.07) is 4.18. The minimum atomic E-state index is -0.515. The highest BCUT2D eigenvalue weighted by Crippen LogP contribution is 2.58. The number of nitro groups is 1. The third-order valence-corrected chi connectivity index (χ3v) is 4.75. The van der Waals surface area contributed by atoms with Crippen molar-refractivity contribution in [1.82, 2.24) is 5.32 Å². The molecule has 2 N–H and O–H groups in total. The normalized spacial score (nSPS) is 22.8. The number of piperidine rings is 1. The summed E-state index contributed by atoms with van der Waals surface area (Å²) in [6.07, 6.45) is 2.85. The van der Waals surface area contributed by atoms with Gasteiger partial charge in [-0.2, -0.15) is 0 Å². The molecule has 1 amide bonds. The zero-order valence-corrected chi connectivity index (χ0v) is 12.2. The topological polar surface area (TPSA) is 84.3 Å². The number of anilines is 1. The number of rotatable bonds is 3. The SMILES string of the molecule is O=C(Nc1cc(Cl)ccc1[N+](=O)[O-])C1CC12CCNCC2. The maximum absolute atomic E-state index is 12.3. The first-order valence-corrected chi connectivity index (χ1v) is 7.35. The average Bonchev–Trinajstić information content (AvgIpc) is 3.13. The molecule has 2 fully saturated rings. The first kappa shape index (κ1) is 14.3. The Morgan fingerprint density at radius 1 is 1.43 bits per heavy atom. The number of halogens is 1. The highest BCUT2D eigenvalue weighted by molar-refractivity contribution is 6.31. The van der Waals surface area contributed by atoms with Crippen molar-refractivity contribution in [3.05, 3.63) is 33.3 Å². The molecular weight excluding hydrogens is 294 g/mol. The summed E-state index contributed by atoms with van der Waals surface area (Å²) in [7, 11) is 0. The largest absolute Gasteiger partial charge is 0.320 e. The lowest BCUT2D eigenvalue weighted by Crippen LogP contribution is -2.31. The van der Waals surface area contributed by atoms with Gasteiger partial charge in [-0.05, 0) is 49.9 Å². The highest BCUT2D eigenvalue weighted by atomic mass is 35.5. The standard InChI is InChI=1S/C14H16ClN3O3/c15-9-1-2-12(18(20)21)11(7-9)17-13(19)10-8-14(10)3-5-16-6-4-14/h1-2,7,10,16H,3-6,8H2,(H,17,19). The molecule has 1 unspecified atom stereocenters. The van der Waals surface area contributed by atoms with Gasteiger partial charge in [0.1, 0.15) is 5.69 Å². The summed E-state index contributed by atoms with van der Waals surface area (Å²) in [6.45, 7) is 1.86. The lowest BCUT2D eigenvalue weighted by molar-refractivity contribution is -0.383. The quantitative estimate of drug-likeness (QED) is 0.664. The van der Waals surface area contributed by atoms with Crippen LogP contribution in [0.5, 0.6) is 0 Å². The molecule has 2 aliphatic rings. The lowest BCUT2D eigenvalue weighted by Gasteiger charge is -2.23. The zero-order chi connectivity index (χ0) is 15.0. The van der Waals surface area contributed by atoms with Crippen LogP contribution in [0.3, 0.4) is 0 Å². The molecule has 6 nitrogen and oxygen atoms in total. The molecule has 1 aliphatic heterocycles. The number of nitro benzene ring substituents is 1. The minimum Gasteiger partial charge on any atom is -0.320 e. The third kappa shape index (κ3) is 2.73. The number of benzene rings is 1. The number of amides is 1. The predicted octanol–water partition coefficient (Wildman–Crippen LogP) is 2.58. The Bertz CT molecular complexity index is 599. The molecule has 1 saturated heterocycles. The van der Waals surface area contributed by atoms with E-state index in [1.807, 2.05) is 0 Å². The molecular formula is C14H16ClN3O3. The van der Waals surface area contributed by atoms with Crippen LogP contribution in [0.25, 0.3) is 0 Å². The van der Waals surface area contributed by atoms with E-state index in [0.717, 1.165) is 32.4 Å². The molecule has 3 rings (SSSR count). The van der Waals surface area contributed by atoms with E-state index in [2.05, 4.69) is 10.6 Å². The van der Waals surface area contributed by atoms with Crippen LogP contribution >= 0.6 is 11.6 Å². The Morgan fingerprint density at radius 3 is 2.81 bits per heavy atom. The number of hydrogen-bond donors (Lipinski definition) is 2.